The Kier molecular flexibility index (Phi) is 3.83. The Labute approximate surface area is 132 Å². The second-order valence-electron chi connectivity index (χ2n) is 7.45. The molecule has 0 aliphatic heterocycles. The Hall–Kier alpha value is -0.410. The summed E-state index contributed by atoms with van der Waals surface area (Å²) in [6.45, 7) is 2.36. The lowest BCUT2D eigenvalue weighted by Crippen LogP contribution is -2.46. The van der Waals surface area contributed by atoms with Gasteiger partial charge in [0.05, 0.1) is 11.2 Å². The van der Waals surface area contributed by atoms with Crippen LogP contribution < -0.4 is 5.32 Å². The predicted octanol–water partition coefficient (Wildman–Crippen LogP) is 4.57. The van der Waals surface area contributed by atoms with Crippen molar-refractivity contribution in [2.75, 3.05) is 0 Å². The molecule has 0 aromatic carbocycles. The highest BCUT2D eigenvalue weighted by Gasteiger charge is 2.42. The average Bonchev–Trinajstić information content (AvgIpc) is 3.22. The van der Waals surface area contributed by atoms with E-state index in [0.29, 0.717) is 0 Å². The Morgan fingerprint density at radius 3 is 2.57 bits per heavy atom. The third kappa shape index (κ3) is 2.79. The zero-order valence-corrected chi connectivity index (χ0v) is 14.1. The molecular weight excluding hydrogens is 276 g/mol. The minimum absolute atomic E-state index is 0.231. The minimum Gasteiger partial charge on any atom is -0.303 e. The summed E-state index contributed by atoms with van der Waals surface area (Å²) in [5, 5.41) is 5.46. The van der Waals surface area contributed by atoms with Gasteiger partial charge in [0.1, 0.15) is 5.01 Å². The first-order valence-electron chi connectivity index (χ1n) is 9.06. The van der Waals surface area contributed by atoms with Crippen molar-refractivity contribution in [1.82, 2.24) is 10.3 Å². The molecule has 2 saturated carbocycles. The number of nitrogens with zero attached hydrogens (tertiary/aromatic N) is 1. The van der Waals surface area contributed by atoms with Crippen molar-refractivity contribution in [2.24, 2.45) is 5.92 Å². The van der Waals surface area contributed by atoms with Crippen LogP contribution in [0.1, 0.15) is 80.3 Å². The van der Waals surface area contributed by atoms with Crippen LogP contribution in [0.25, 0.3) is 0 Å². The topological polar surface area (TPSA) is 24.9 Å². The molecule has 0 unspecified atom stereocenters. The van der Waals surface area contributed by atoms with E-state index in [4.69, 9.17) is 4.98 Å². The molecular formula is C18H28N2S. The lowest BCUT2D eigenvalue weighted by Gasteiger charge is -2.39. The van der Waals surface area contributed by atoms with Gasteiger partial charge in [-0.2, -0.15) is 0 Å². The molecule has 2 nitrogen and oxygen atoms in total. The number of hydrogen-bond donors (Lipinski definition) is 1. The fraction of sp³-hybridized carbons (Fsp3) is 0.833. The zero-order valence-electron chi connectivity index (χ0n) is 13.3. The van der Waals surface area contributed by atoms with E-state index >= 15 is 0 Å². The van der Waals surface area contributed by atoms with Gasteiger partial charge in [-0.25, -0.2) is 4.98 Å². The Bertz CT molecular complexity index is 472. The summed E-state index contributed by atoms with van der Waals surface area (Å²) in [6, 6.07) is 0.782. The summed E-state index contributed by atoms with van der Waals surface area (Å²) in [5.41, 5.74) is 1.67. The number of fused-ring (bicyclic) bond motifs is 1. The van der Waals surface area contributed by atoms with E-state index in [1.807, 2.05) is 11.3 Å². The average molecular weight is 305 g/mol. The van der Waals surface area contributed by atoms with Gasteiger partial charge < -0.3 is 5.32 Å². The lowest BCUT2D eigenvalue weighted by atomic mass is 9.75. The van der Waals surface area contributed by atoms with Crippen LogP contribution in [-0.2, 0) is 18.4 Å². The van der Waals surface area contributed by atoms with Crippen LogP contribution in [0.2, 0.25) is 0 Å². The summed E-state index contributed by atoms with van der Waals surface area (Å²) in [5.74, 6) is 0.953. The molecule has 0 saturated heterocycles. The highest BCUT2D eigenvalue weighted by molar-refractivity contribution is 7.11. The highest BCUT2D eigenvalue weighted by atomic mass is 32.1. The van der Waals surface area contributed by atoms with Gasteiger partial charge in [-0.15, -0.1) is 11.3 Å². The van der Waals surface area contributed by atoms with Gasteiger partial charge in [0.15, 0.2) is 0 Å². The molecule has 1 aromatic rings. The summed E-state index contributed by atoms with van der Waals surface area (Å²) < 4.78 is 0. The second kappa shape index (κ2) is 5.66. The summed E-state index contributed by atoms with van der Waals surface area (Å²) in [6.07, 6.45) is 14.7. The van der Waals surface area contributed by atoms with Crippen LogP contribution in [0.5, 0.6) is 0 Å². The van der Waals surface area contributed by atoms with E-state index in [2.05, 4.69) is 12.2 Å². The fourth-order valence-corrected chi connectivity index (χ4v) is 5.53. The van der Waals surface area contributed by atoms with Crippen LogP contribution in [0.3, 0.4) is 0 Å². The standard InChI is InChI=1S/C18H28N2S/c1-2-13-9-11-18(12-10-13,20-14-7-8-14)17-19-15-5-3-4-6-16(15)21-17/h13-14,20H,2-12H2,1H3. The van der Waals surface area contributed by atoms with E-state index < -0.39 is 0 Å². The van der Waals surface area contributed by atoms with Crippen LogP contribution in [0, 0.1) is 5.92 Å². The van der Waals surface area contributed by atoms with Crippen molar-refractivity contribution in [2.45, 2.75) is 89.1 Å². The predicted molar refractivity (Wildman–Crippen MR) is 88.8 cm³/mol. The summed E-state index contributed by atoms with van der Waals surface area (Å²) >= 11 is 2.05. The number of rotatable bonds is 4. The maximum absolute atomic E-state index is 5.13. The molecule has 1 aromatic heterocycles. The van der Waals surface area contributed by atoms with Crippen molar-refractivity contribution in [3.8, 4) is 0 Å². The van der Waals surface area contributed by atoms with Gasteiger partial charge >= 0.3 is 0 Å². The molecule has 21 heavy (non-hydrogen) atoms. The highest BCUT2D eigenvalue weighted by Crippen LogP contribution is 2.45. The van der Waals surface area contributed by atoms with Gasteiger partial charge in [0, 0.05) is 10.9 Å². The maximum atomic E-state index is 5.13. The first kappa shape index (κ1) is 14.2. The first-order valence-corrected chi connectivity index (χ1v) is 9.87. The van der Waals surface area contributed by atoms with Gasteiger partial charge in [-0.05, 0) is 70.1 Å². The van der Waals surface area contributed by atoms with E-state index in [1.54, 1.807) is 4.88 Å². The fourth-order valence-electron chi connectivity index (χ4n) is 4.17. The molecule has 0 atom stereocenters. The third-order valence-electron chi connectivity index (χ3n) is 5.85. The molecule has 0 amide bonds. The Morgan fingerprint density at radius 2 is 1.90 bits per heavy atom. The number of nitrogens with one attached hydrogen (secondary N) is 1. The van der Waals surface area contributed by atoms with Crippen molar-refractivity contribution < 1.29 is 0 Å². The maximum Gasteiger partial charge on any atom is 0.113 e. The lowest BCUT2D eigenvalue weighted by molar-refractivity contribution is 0.182. The Morgan fingerprint density at radius 1 is 1.14 bits per heavy atom. The monoisotopic (exact) mass is 304 g/mol. The molecule has 3 heteroatoms. The molecule has 0 radical (unpaired) electrons. The molecule has 1 heterocycles. The van der Waals surface area contributed by atoms with Crippen molar-refractivity contribution >= 4 is 11.3 Å². The minimum atomic E-state index is 0.231. The molecule has 2 fully saturated rings. The zero-order chi connectivity index (χ0) is 14.3. The molecule has 0 bridgehead atoms. The van der Waals surface area contributed by atoms with Crippen LogP contribution >= 0.6 is 11.3 Å². The first-order chi connectivity index (χ1) is 10.3. The molecule has 0 spiro atoms. The normalized spacial score (nSPS) is 32.9. The number of thiazole rings is 1. The van der Waals surface area contributed by atoms with E-state index in [-0.39, 0.29) is 5.54 Å². The van der Waals surface area contributed by atoms with E-state index in [9.17, 15) is 0 Å². The van der Waals surface area contributed by atoms with Crippen LogP contribution in [-0.4, -0.2) is 11.0 Å². The molecule has 4 rings (SSSR count). The van der Waals surface area contributed by atoms with Gasteiger partial charge in [0.2, 0.25) is 0 Å². The summed E-state index contributed by atoms with van der Waals surface area (Å²) in [7, 11) is 0. The molecule has 3 aliphatic carbocycles. The molecule has 3 aliphatic rings. The van der Waals surface area contributed by atoms with Crippen LogP contribution in [0.15, 0.2) is 0 Å². The van der Waals surface area contributed by atoms with E-state index in [0.717, 1.165) is 12.0 Å². The van der Waals surface area contributed by atoms with Crippen molar-refractivity contribution in [1.29, 1.82) is 0 Å². The molecule has 1 N–H and O–H groups in total. The van der Waals surface area contributed by atoms with Gasteiger partial charge in [-0.3, -0.25) is 0 Å². The number of aryl methyl sites for hydroxylation is 2. The smallest absolute Gasteiger partial charge is 0.113 e. The van der Waals surface area contributed by atoms with Crippen molar-refractivity contribution in [3.63, 3.8) is 0 Å². The second-order valence-corrected chi connectivity index (χ2v) is 8.53. The third-order valence-corrected chi connectivity index (χ3v) is 7.21. The largest absolute Gasteiger partial charge is 0.303 e. The number of hydrogen-bond acceptors (Lipinski definition) is 3. The van der Waals surface area contributed by atoms with Crippen molar-refractivity contribution in [3.05, 3.63) is 15.6 Å². The SMILES string of the molecule is CCC1CCC(NC2CC2)(c2nc3c(s2)CCCC3)CC1. The Balaban J connectivity index is 1.61. The summed E-state index contributed by atoms with van der Waals surface area (Å²) in [4.78, 5) is 6.74. The number of aromatic nitrogens is 1. The van der Waals surface area contributed by atoms with E-state index in [1.165, 1.54) is 81.3 Å². The van der Waals surface area contributed by atoms with Gasteiger partial charge in [-0.1, -0.05) is 13.3 Å². The van der Waals surface area contributed by atoms with Crippen LogP contribution in [0.4, 0.5) is 0 Å². The molecule has 116 valence electrons. The van der Waals surface area contributed by atoms with Gasteiger partial charge in [0.25, 0.3) is 0 Å². The quantitative estimate of drug-likeness (QED) is 0.881.